The Hall–Kier alpha value is -4.54. The second-order valence-corrected chi connectivity index (χ2v) is 10.5. The molecule has 2 aromatic rings. The molecule has 3 heterocycles. The fourth-order valence-electron chi connectivity index (χ4n) is 5.12. The summed E-state index contributed by atoms with van der Waals surface area (Å²) in [4.78, 5) is 72.0. The van der Waals surface area contributed by atoms with Gasteiger partial charge >= 0.3 is 35.5 Å². The van der Waals surface area contributed by atoms with E-state index in [0.717, 1.165) is 34.6 Å². The summed E-state index contributed by atoms with van der Waals surface area (Å²) >= 11 is 0. The van der Waals surface area contributed by atoms with Crippen LogP contribution in [0.4, 0.5) is 0 Å². The largest absolute Gasteiger partial charge is 0.461 e. The standard InChI is InChI=1S/C30H34O16/c1-13-9-24(36)45-21-10-19(7-8-20(13)21)44-29-27(42-17(5)34)26(41-16(4)33)23(12-37-29)46-30-28(43-18(6)35)25(40-15(3)32)22(11-38-30)39-14(2)31/h7-10,22-23,25-30H,11-12H2,1-6H3/t22-,23-,25+,26+,27-,28-,29+,30+/m1/s1. The maximum absolute atomic E-state index is 12.2. The van der Waals surface area contributed by atoms with Gasteiger partial charge in [0.05, 0.1) is 13.2 Å². The minimum Gasteiger partial charge on any atom is -0.461 e. The third-order valence-electron chi connectivity index (χ3n) is 6.78. The van der Waals surface area contributed by atoms with Gasteiger partial charge in [0.15, 0.2) is 30.7 Å². The van der Waals surface area contributed by atoms with E-state index in [1.54, 1.807) is 19.1 Å². The molecule has 0 amide bonds. The Morgan fingerprint density at radius 1 is 0.652 bits per heavy atom. The van der Waals surface area contributed by atoms with Crippen LogP contribution >= 0.6 is 0 Å². The molecule has 0 spiro atoms. The molecule has 4 rings (SSSR count). The lowest BCUT2D eigenvalue weighted by molar-refractivity contribution is -0.325. The van der Waals surface area contributed by atoms with Crippen LogP contribution in [0.15, 0.2) is 33.5 Å². The van der Waals surface area contributed by atoms with E-state index >= 15 is 0 Å². The van der Waals surface area contributed by atoms with Crippen LogP contribution in [0.1, 0.15) is 40.2 Å². The number of aryl methyl sites for hydroxylation is 1. The van der Waals surface area contributed by atoms with E-state index in [1.165, 1.54) is 12.1 Å². The molecule has 8 atom stereocenters. The molecular weight excluding hydrogens is 616 g/mol. The van der Waals surface area contributed by atoms with E-state index in [1.807, 2.05) is 0 Å². The predicted octanol–water partition coefficient (Wildman–Crippen LogP) is 1.24. The highest BCUT2D eigenvalue weighted by Gasteiger charge is 2.52. The van der Waals surface area contributed by atoms with Crippen LogP contribution in [-0.4, -0.2) is 92.3 Å². The fourth-order valence-corrected chi connectivity index (χ4v) is 5.12. The molecule has 16 heteroatoms. The molecule has 250 valence electrons. The zero-order chi connectivity index (χ0) is 33.7. The van der Waals surface area contributed by atoms with Gasteiger partial charge in [-0.05, 0) is 24.6 Å². The summed E-state index contributed by atoms with van der Waals surface area (Å²) in [6.07, 6.45) is -10.7. The molecule has 2 saturated heterocycles. The quantitative estimate of drug-likeness (QED) is 0.213. The van der Waals surface area contributed by atoms with Gasteiger partial charge in [-0.15, -0.1) is 0 Å². The Morgan fingerprint density at radius 3 is 1.74 bits per heavy atom. The SMILES string of the molecule is CC(=O)O[C@@H]1[C@@H](OC(C)=O)[C@H](O[C@@H]2CO[C@@H](Oc3ccc4c(C)cc(=O)oc4c3)[C@H](OC(C)=O)[C@H]2OC(C)=O)OC[C@H]1OC(C)=O. The first-order valence-electron chi connectivity index (χ1n) is 14.2. The van der Waals surface area contributed by atoms with Gasteiger partial charge in [0.25, 0.3) is 0 Å². The Labute approximate surface area is 262 Å². The third kappa shape index (κ3) is 8.58. The number of ether oxygens (including phenoxy) is 9. The second kappa shape index (κ2) is 14.7. The summed E-state index contributed by atoms with van der Waals surface area (Å²) < 4.78 is 55.9. The Kier molecular flexibility index (Phi) is 11.0. The summed E-state index contributed by atoms with van der Waals surface area (Å²) in [6, 6.07) is 6.05. The van der Waals surface area contributed by atoms with Crippen molar-refractivity contribution in [1.29, 1.82) is 0 Å². The van der Waals surface area contributed by atoms with Gasteiger partial charge in [-0.2, -0.15) is 0 Å². The van der Waals surface area contributed by atoms with E-state index in [4.69, 9.17) is 47.0 Å². The van der Waals surface area contributed by atoms with Crippen molar-refractivity contribution in [3.63, 3.8) is 0 Å². The molecule has 0 unspecified atom stereocenters. The highest BCUT2D eigenvalue weighted by molar-refractivity contribution is 5.81. The molecule has 16 nitrogen and oxygen atoms in total. The molecule has 2 aliphatic rings. The lowest BCUT2D eigenvalue weighted by Gasteiger charge is -2.44. The summed E-state index contributed by atoms with van der Waals surface area (Å²) in [5.41, 5.74) is 0.364. The molecule has 0 radical (unpaired) electrons. The number of carbonyl (C=O) groups is 5. The number of fused-ring (bicyclic) bond motifs is 1. The molecule has 46 heavy (non-hydrogen) atoms. The van der Waals surface area contributed by atoms with Crippen molar-refractivity contribution in [3.05, 3.63) is 40.2 Å². The van der Waals surface area contributed by atoms with Crippen molar-refractivity contribution >= 4 is 40.8 Å². The second-order valence-electron chi connectivity index (χ2n) is 10.5. The van der Waals surface area contributed by atoms with Crippen LogP contribution in [0.3, 0.4) is 0 Å². The van der Waals surface area contributed by atoms with Crippen molar-refractivity contribution in [2.75, 3.05) is 13.2 Å². The van der Waals surface area contributed by atoms with E-state index in [0.29, 0.717) is 10.9 Å². The first kappa shape index (κ1) is 34.3. The molecule has 1 aromatic heterocycles. The number of esters is 5. The van der Waals surface area contributed by atoms with Crippen LogP contribution < -0.4 is 10.4 Å². The van der Waals surface area contributed by atoms with Gasteiger partial charge in [-0.3, -0.25) is 24.0 Å². The van der Waals surface area contributed by atoms with E-state index in [2.05, 4.69) is 0 Å². The van der Waals surface area contributed by atoms with Gasteiger partial charge in [0.1, 0.15) is 17.4 Å². The molecule has 1 aromatic carbocycles. The summed E-state index contributed by atoms with van der Waals surface area (Å²) in [7, 11) is 0. The Bertz CT molecular complexity index is 1530. The van der Waals surface area contributed by atoms with Crippen LogP contribution in [0.25, 0.3) is 11.0 Å². The summed E-state index contributed by atoms with van der Waals surface area (Å²) in [6.45, 7) is 6.68. The molecular formula is C30H34O16. The van der Waals surface area contributed by atoms with Gasteiger partial charge in [0.2, 0.25) is 12.4 Å². The highest BCUT2D eigenvalue weighted by Crippen LogP contribution is 2.32. The number of rotatable bonds is 9. The Balaban J connectivity index is 1.63. The zero-order valence-electron chi connectivity index (χ0n) is 25.9. The van der Waals surface area contributed by atoms with E-state index in [-0.39, 0.29) is 24.5 Å². The average molecular weight is 651 g/mol. The lowest BCUT2D eigenvalue weighted by Crippen LogP contribution is -2.63. The molecule has 0 aliphatic carbocycles. The van der Waals surface area contributed by atoms with E-state index < -0.39 is 84.7 Å². The van der Waals surface area contributed by atoms with Gasteiger partial charge in [-0.25, -0.2) is 4.79 Å². The first-order chi connectivity index (χ1) is 21.7. The van der Waals surface area contributed by atoms with E-state index in [9.17, 15) is 28.8 Å². The number of hydrogen-bond acceptors (Lipinski definition) is 16. The maximum Gasteiger partial charge on any atom is 0.336 e. The van der Waals surface area contributed by atoms with Crippen LogP contribution in [0.5, 0.6) is 5.75 Å². The number of carbonyl (C=O) groups excluding carboxylic acids is 5. The van der Waals surface area contributed by atoms with Crippen molar-refractivity contribution in [2.24, 2.45) is 0 Å². The van der Waals surface area contributed by atoms with Crippen LogP contribution in [0, 0.1) is 6.92 Å². The minimum atomic E-state index is -1.46. The third-order valence-corrected chi connectivity index (χ3v) is 6.78. The number of hydrogen-bond donors (Lipinski definition) is 0. The topological polar surface area (TPSA) is 199 Å². The normalized spacial score (nSPS) is 27.6. The van der Waals surface area contributed by atoms with Crippen molar-refractivity contribution < 1.29 is 71.0 Å². The van der Waals surface area contributed by atoms with Gasteiger partial charge in [-0.1, -0.05) is 0 Å². The van der Waals surface area contributed by atoms with Crippen LogP contribution in [0.2, 0.25) is 0 Å². The van der Waals surface area contributed by atoms with Crippen molar-refractivity contribution in [2.45, 2.75) is 90.7 Å². The first-order valence-corrected chi connectivity index (χ1v) is 14.2. The predicted molar refractivity (Wildman–Crippen MR) is 150 cm³/mol. The van der Waals surface area contributed by atoms with Crippen molar-refractivity contribution in [3.8, 4) is 5.75 Å². The zero-order valence-corrected chi connectivity index (χ0v) is 25.9. The lowest BCUT2D eigenvalue weighted by atomic mass is 10.0. The molecule has 2 fully saturated rings. The highest BCUT2D eigenvalue weighted by atomic mass is 16.8. The van der Waals surface area contributed by atoms with Gasteiger partial charge < -0.3 is 47.0 Å². The van der Waals surface area contributed by atoms with Gasteiger partial charge in [0, 0.05) is 52.1 Å². The molecule has 0 N–H and O–H groups in total. The van der Waals surface area contributed by atoms with Crippen molar-refractivity contribution in [1.82, 2.24) is 0 Å². The molecule has 0 saturated carbocycles. The smallest absolute Gasteiger partial charge is 0.336 e. The number of benzene rings is 1. The molecule has 0 bridgehead atoms. The fraction of sp³-hybridized carbons (Fsp3) is 0.533. The maximum atomic E-state index is 12.2. The average Bonchev–Trinajstić information content (AvgIpc) is 2.93. The molecule has 2 aliphatic heterocycles. The monoisotopic (exact) mass is 650 g/mol. The minimum absolute atomic E-state index is 0.176. The Morgan fingerprint density at radius 2 is 1.15 bits per heavy atom. The summed E-state index contributed by atoms with van der Waals surface area (Å²) in [5.74, 6) is -3.64. The summed E-state index contributed by atoms with van der Waals surface area (Å²) in [5, 5.41) is 0.664. The van der Waals surface area contributed by atoms with Crippen LogP contribution in [-0.2, 0) is 61.9 Å².